The highest BCUT2D eigenvalue weighted by atomic mass is 19.1. The molecule has 112 valence electrons. The second kappa shape index (κ2) is 7.76. The predicted octanol–water partition coefficient (Wildman–Crippen LogP) is 1.09. The van der Waals surface area contributed by atoms with Crippen LogP contribution in [0.2, 0.25) is 0 Å². The number of aliphatic hydroxyl groups is 1. The first-order valence-corrected chi connectivity index (χ1v) is 6.11. The first-order valence-electron chi connectivity index (χ1n) is 6.11. The second-order valence-corrected chi connectivity index (χ2v) is 4.07. The first kappa shape index (κ1) is 16.3. The number of rotatable bonds is 7. The minimum Gasteiger partial charge on any atom is -0.395 e. The van der Waals surface area contributed by atoms with Crippen molar-refractivity contribution in [1.82, 2.24) is 4.90 Å². The van der Waals surface area contributed by atoms with Gasteiger partial charge in [-0.15, -0.1) is 0 Å². The Hall–Kier alpha value is -1.73. The fourth-order valence-electron chi connectivity index (χ4n) is 1.76. The number of halogens is 2. The van der Waals surface area contributed by atoms with Crippen molar-refractivity contribution in [3.05, 3.63) is 29.3 Å². The fraction of sp³-hybridized carbons (Fsp3) is 0.462. The summed E-state index contributed by atoms with van der Waals surface area (Å²) in [6.45, 7) is 0.326. The molecule has 1 amide bonds. The van der Waals surface area contributed by atoms with Gasteiger partial charge in [0.1, 0.15) is 17.3 Å². The summed E-state index contributed by atoms with van der Waals surface area (Å²) < 4.78 is 32.1. The first-order chi connectivity index (χ1) is 9.54. The molecule has 20 heavy (non-hydrogen) atoms. The number of benzene rings is 1. The third-order valence-corrected chi connectivity index (χ3v) is 2.76. The van der Waals surface area contributed by atoms with Crippen molar-refractivity contribution in [3.63, 3.8) is 0 Å². The molecule has 1 aromatic carbocycles. The highest BCUT2D eigenvalue weighted by Crippen LogP contribution is 2.21. The van der Waals surface area contributed by atoms with Crippen molar-refractivity contribution in [3.8, 4) is 0 Å². The molecule has 0 saturated carbocycles. The van der Waals surface area contributed by atoms with E-state index < -0.39 is 17.5 Å². The number of anilines is 1. The van der Waals surface area contributed by atoms with Crippen LogP contribution in [0.25, 0.3) is 0 Å². The Kier molecular flexibility index (Phi) is 6.33. The summed E-state index contributed by atoms with van der Waals surface area (Å²) in [5.74, 6) is -2.24. The number of carbonyl (C=O) groups excluding carboxylic acids is 1. The van der Waals surface area contributed by atoms with Crippen molar-refractivity contribution in [2.75, 3.05) is 45.8 Å². The largest absolute Gasteiger partial charge is 0.395 e. The minimum absolute atomic E-state index is 0.0687. The molecule has 0 heterocycles. The van der Waals surface area contributed by atoms with E-state index in [1.165, 1.54) is 19.1 Å². The van der Waals surface area contributed by atoms with Crippen LogP contribution in [0.5, 0.6) is 0 Å². The lowest BCUT2D eigenvalue weighted by atomic mass is 10.1. The summed E-state index contributed by atoms with van der Waals surface area (Å²) in [6, 6.07) is 1.93. The van der Waals surface area contributed by atoms with Crippen LogP contribution in [0.4, 0.5) is 14.5 Å². The van der Waals surface area contributed by atoms with Gasteiger partial charge in [-0.2, -0.15) is 0 Å². The predicted molar refractivity (Wildman–Crippen MR) is 70.8 cm³/mol. The Labute approximate surface area is 116 Å². The third kappa shape index (κ3) is 3.88. The van der Waals surface area contributed by atoms with Crippen LogP contribution in [-0.4, -0.2) is 56.4 Å². The van der Waals surface area contributed by atoms with E-state index in [4.69, 9.17) is 9.84 Å². The van der Waals surface area contributed by atoms with Crippen LogP contribution in [0, 0.1) is 11.6 Å². The molecule has 5 nitrogen and oxygen atoms in total. The highest BCUT2D eigenvalue weighted by Gasteiger charge is 2.19. The number of ether oxygens (including phenoxy) is 1. The van der Waals surface area contributed by atoms with E-state index in [-0.39, 0.29) is 37.6 Å². The maximum atomic E-state index is 13.6. The monoisotopic (exact) mass is 288 g/mol. The summed E-state index contributed by atoms with van der Waals surface area (Å²) >= 11 is 0. The quantitative estimate of drug-likeness (QED) is 0.788. The van der Waals surface area contributed by atoms with E-state index >= 15 is 0 Å². The number of methoxy groups -OCH3 is 1. The molecular weight excluding hydrogens is 270 g/mol. The normalized spacial score (nSPS) is 10.4. The number of hydrogen-bond donors (Lipinski definition) is 2. The van der Waals surface area contributed by atoms with Gasteiger partial charge in [0.15, 0.2) is 0 Å². The molecule has 1 rings (SSSR count). The van der Waals surface area contributed by atoms with E-state index in [0.717, 1.165) is 12.1 Å². The van der Waals surface area contributed by atoms with Crippen molar-refractivity contribution in [2.45, 2.75) is 0 Å². The van der Waals surface area contributed by atoms with E-state index in [9.17, 15) is 13.6 Å². The van der Waals surface area contributed by atoms with Gasteiger partial charge in [0, 0.05) is 32.8 Å². The number of hydrogen-bond acceptors (Lipinski definition) is 4. The molecule has 2 N–H and O–H groups in total. The molecule has 0 saturated heterocycles. The van der Waals surface area contributed by atoms with Gasteiger partial charge in [-0.1, -0.05) is 0 Å². The van der Waals surface area contributed by atoms with Gasteiger partial charge in [-0.3, -0.25) is 4.79 Å². The van der Waals surface area contributed by atoms with E-state index in [0.29, 0.717) is 0 Å². The summed E-state index contributed by atoms with van der Waals surface area (Å²) in [4.78, 5) is 13.4. The van der Waals surface area contributed by atoms with E-state index in [1.807, 2.05) is 0 Å². The van der Waals surface area contributed by atoms with Crippen LogP contribution in [-0.2, 0) is 4.74 Å². The maximum Gasteiger partial charge on any atom is 0.254 e. The van der Waals surface area contributed by atoms with Crippen LogP contribution in [0.1, 0.15) is 10.4 Å². The molecule has 7 heteroatoms. The Bertz CT molecular complexity index is 446. The van der Waals surface area contributed by atoms with Crippen LogP contribution in [0.15, 0.2) is 12.1 Å². The Morgan fingerprint density at radius 2 is 1.95 bits per heavy atom. The van der Waals surface area contributed by atoms with Gasteiger partial charge in [0.2, 0.25) is 0 Å². The second-order valence-electron chi connectivity index (χ2n) is 4.07. The lowest BCUT2D eigenvalue weighted by molar-refractivity contribution is 0.0655. The standard InChI is InChI=1S/C13H18F2N2O3/c1-16-12-10(14)7-9(8-11(12)15)13(19)17(3-5-18)4-6-20-2/h7-8,16,18H,3-6H2,1-2H3. The maximum absolute atomic E-state index is 13.6. The molecule has 0 bridgehead atoms. The Morgan fingerprint density at radius 1 is 1.35 bits per heavy atom. The van der Waals surface area contributed by atoms with Crippen molar-refractivity contribution in [1.29, 1.82) is 0 Å². The van der Waals surface area contributed by atoms with Crippen LogP contribution in [0.3, 0.4) is 0 Å². The molecule has 0 spiro atoms. The molecule has 1 aromatic rings. The molecule has 0 aliphatic carbocycles. The topological polar surface area (TPSA) is 61.8 Å². The SMILES string of the molecule is CNc1c(F)cc(C(=O)N(CCO)CCOC)cc1F. The Balaban J connectivity index is 2.99. The van der Waals surface area contributed by atoms with Crippen molar-refractivity contribution < 1.29 is 23.4 Å². The fourth-order valence-corrected chi connectivity index (χ4v) is 1.76. The van der Waals surface area contributed by atoms with Crippen LogP contribution >= 0.6 is 0 Å². The molecule has 0 unspecified atom stereocenters. The molecule has 0 atom stereocenters. The number of nitrogens with one attached hydrogen (secondary N) is 1. The lowest BCUT2D eigenvalue weighted by Crippen LogP contribution is -2.36. The van der Waals surface area contributed by atoms with Gasteiger partial charge in [0.05, 0.1) is 13.2 Å². The number of carbonyl (C=O) groups is 1. The summed E-state index contributed by atoms with van der Waals surface area (Å²) in [5.41, 5.74) is -0.393. The highest BCUT2D eigenvalue weighted by molar-refractivity contribution is 5.94. The minimum atomic E-state index is -0.841. The van der Waals surface area contributed by atoms with Gasteiger partial charge < -0.3 is 20.1 Å². The van der Waals surface area contributed by atoms with Crippen molar-refractivity contribution >= 4 is 11.6 Å². The zero-order chi connectivity index (χ0) is 15.1. The number of amides is 1. The van der Waals surface area contributed by atoms with Gasteiger partial charge in [-0.25, -0.2) is 8.78 Å². The Morgan fingerprint density at radius 3 is 2.40 bits per heavy atom. The number of aliphatic hydroxyl groups excluding tert-OH is 1. The lowest BCUT2D eigenvalue weighted by Gasteiger charge is -2.21. The molecule has 0 fully saturated rings. The summed E-state index contributed by atoms with van der Waals surface area (Å²) in [7, 11) is 2.86. The third-order valence-electron chi connectivity index (χ3n) is 2.76. The van der Waals surface area contributed by atoms with E-state index in [1.54, 1.807) is 0 Å². The van der Waals surface area contributed by atoms with Gasteiger partial charge in [-0.05, 0) is 12.1 Å². The zero-order valence-electron chi connectivity index (χ0n) is 11.4. The van der Waals surface area contributed by atoms with Crippen LogP contribution < -0.4 is 5.32 Å². The molecule has 0 aromatic heterocycles. The average Bonchev–Trinajstić information content (AvgIpc) is 2.42. The molecule has 0 aliphatic heterocycles. The van der Waals surface area contributed by atoms with Gasteiger partial charge >= 0.3 is 0 Å². The van der Waals surface area contributed by atoms with E-state index in [2.05, 4.69) is 5.32 Å². The van der Waals surface area contributed by atoms with Crippen molar-refractivity contribution in [2.24, 2.45) is 0 Å². The molecular formula is C13H18F2N2O3. The van der Waals surface area contributed by atoms with Gasteiger partial charge in [0.25, 0.3) is 5.91 Å². The zero-order valence-corrected chi connectivity index (χ0v) is 11.4. The number of nitrogens with zero attached hydrogens (tertiary/aromatic N) is 1. The molecule has 0 radical (unpaired) electrons. The summed E-state index contributed by atoms with van der Waals surface area (Å²) in [6.07, 6.45) is 0. The summed E-state index contributed by atoms with van der Waals surface area (Å²) in [5, 5.41) is 11.3. The smallest absolute Gasteiger partial charge is 0.254 e. The molecule has 0 aliphatic rings. The average molecular weight is 288 g/mol.